The minimum atomic E-state index is -0.495. The minimum Gasteiger partial charge on any atom is -0.493 e. The van der Waals surface area contributed by atoms with E-state index in [2.05, 4.69) is 15.8 Å². The number of hydrogen-bond acceptors (Lipinski definition) is 6. The molecule has 1 rings (SSSR count). The van der Waals surface area contributed by atoms with Gasteiger partial charge in [0.1, 0.15) is 6.42 Å². The van der Waals surface area contributed by atoms with E-state index in [-0.39, 0.29) is 12.3 Å². The highest BCUT2D eigenvalue weighted by Crippen LogP contribution is 2.37. The van der Waals surface area contributed by atoms with Gasteiger partial charge in [-0.3, -0.25) is 9.59 Å². The van der Waals surface area contributed by atoms with Crippen LogP contribution in [0.15, 0.2) is 17.2 Å². The number of carbonyl (C=O) groups is 2. The molecule has 0 unspecified atom stereocenters. The molecule has 0 aliphatic carbocycles. The minimum absolute atomic E-state index is 0.278. The highest BCUT2D eigenvalue weighted by molar-refractivity contribution is 5.97. The van der Waals surface area contributed by atoms with E-state index in [9.17, 15) is 9.59 Å². The number of hydrogen-bond donors (Lipinski definition) is 2. The van der Waals surface area contributed by atoms with Crippen molar-refractivity contribution in [3.8, 4) is 17.2 Å². The van der Waals surface area contributed by atoms with Crippen molar-refractivity contribution >= 4 is 18.0 Å². The van der Waals surface area contributed by atoms with Gasteiger partial charge in [0, 0.05) is 12.1 Å². The smallest absolute Gasteiger partial charge is 0.249 e. The second-order valence-corrected chi connectivity index (χ2v) is 5.63. The van der Waals surface area contributed by atoms with Gasteiger partial charge in [0.25, 0.3) is 0 Å². The van der Waals surface area contributed by atoms with Gasteiger partial charge >= 0.3 is 0 Å². The Labute approximate surface area is 147 Å². The highest BCUT2D eigenvalue weighted by atomic mass is 16.5. The van der Waals surface area contributed by atoms with E-state index >= 15 is 0 Å². The largest absolute Gasteiger partial charge is 0.493 e. The first kappa shape index (κ1) is 20.3. The van der Waals surface area contributed by atoms with E-state index in [1.54, 1.807) is 12.1 Å². The Bertz CT molecular complexity index is 604. The van der Waals surface area contributed by atoms with Gasteiger partial charge in [0.15, 0.2) is 11.5 Å². The zero-order valence-electron chi connectivity index (χ0n) is 15.2. The van der Waals surface area contributed by atoms with E-state index in [4.69, 9.17) is 14.2 Å². The molecule has 0 atom stereocenters. The molecule has 2 amide bonds. The Hall–Kier alpha value is -2.77. The van der Waals surface area contributed by atoms with Crippen LogP contribution in [-0.4, -0.2) is 45.9 Å². The molecule has 0 bridgehead atoms. The summed E-state index contributed by atoms with van der Waals surface area (Å²) in [5.74, 6) is 0.905. The van der Waals surface area contributed by atoms with Crippen molar-refractivity contribution in [2.75, 3.05) is 27.9 Å². The molecule has 0 saturated heterocycles. The Kier molecular flexibility index (Phi) is 8.25. The van der Waals surface area contributed by atoms with Gasteiger partial charge in [-0.25, -0.2) is 5.43 Å². The van der Waals surface area contributed by atoms with E-state index in [0.29, 0.717) is 35.3 Å². The highest BCUT2D eigenvalue weighted by Gasteiger charge is 2.12. The number of ether oxygens (including phenoxy) is 3. The summed E-state index contributed by atoms with van der Waals surface area (Å²) < 4.78 is 15.7. The Balaban J connectivity index is 2.66. The first-order valence-electron chi connectivity index (χ1n) is 7.79. The fourth-order valence-corrected chi connectivity index (χ4v) is 1.92. The lowest BCUT2D eigenvalue weighted by molar-refractivity contribution is -0.129. The standard InChI is InChI=1S/C17H25N3O5/c1-11(2)9-18-15(21)8-16(22)20-19-10-12-6-13(23-3)17(25-5)14(7-12)24-4/h6-7,10-11H,8-9H2,1-5H3,(H,18,21)(H,20,22)/b19-10-. The van der Waals surface area contributed by atoms with Gasteiger partial charge in [0.2, 0.25) is 17.6 Å². The predicted molar refractivity (Wildman–Crippen MR) is 94.3 cm³/mol. The molecule has 0 fully saturated rings. The number of hydrazone groups is 1. The fourth-order valence-electron chi connectivity index (χ4n) is 1.92. The van der Waals surface area contributed by atoms with Crippen LogP contribution in [0.1, 0.15) is 25.8 Å². The first-order valence-corrected chi connectivity index (χ1v) is 7.79. The number of nitrogens with zero attached hydrogens (tertiary/aromatic N) is 1. The van der Waals surface area contributed by atoms with Crippen molar-refractivity contribution in [3.05, 3.63) is 17.7 Å². The summed E-state index contributed by atoms with van der Waals surface area (Å²) in [6.07, 6.45) is 1.15. The lowest BCUT2D eigenvalue weighted by Crippen LogP contribution is -2.32. The Morgan fingerprint density at radius 2 is 1.68 bits per heavy atom. The summed E-state index contributed by atoms with van der Waals surface area (Å²) in [6.45, 7) is 4.48. The van der Waals surface area contributed by atoms with Crippen molar-refractivity contribution in [2.45, 2.75) is 20.3 Å². The zero-order valence-corrected chi connectivity index (χ0v) is 15.2. The molecule has 25 heavy (non-hydrogen) atoms. The van der Waals surface area contributed by atoms with Crippen LogP contribution in [-0.2, 0) is 9.59 Å². The van der Waals surface area contributed by atoms with Crippen LogP contribution in [0.25, 0.3) is 0 Å². The number of methoxy groups -OCH3 is 3. The lowest BCUT2D eigenvalue weighted by Gasteiger charge is -2.12. The quantitative estimate of drug-likeness (QED) is 0.397. The van der Waals surface area contributed by atoms with Crippen LogP contribution in [0.2, 0.25) is 0 Å². The van der Waals surface area contributed by atoms with E-state index in [1.165, 1.54) is 27.5 Å². The van der Waals surface area contributed by atoms with Crippen molar-refractivity contribution < 1.29 is 23.8 Å². The van der Waals surface area contributed by atoms with Crippen LogP contribution in [0.5, 0.6) is 17.2 Å². The zero-order chi connectivity index (χ0) is 18.8. The summed E-state index contributed by atoms with van der Waals surface area (Å²) in [4.78, 5) is 23.2. The van der Waals surface area contributed by atoms with Gasteiger partial charge in [-0.1, -0.05) is 13.8 Å². The number of benzene rings is 1. The lowest BCUT2D eigenvalue weighted by atomic mass is 10.2. The molecular formula is C17H25N3O5. The van der Waals surface area contributed by atoms with E-state index < -0.39 is 5.91 Å². The second kappa shape index (κ2) is 10.2. The third-order valence-corrected chi connectivity index (χ3v) is 3.12. The molecule has 2 N–H and O–H groups in total. The summed E-state index contributed by atoms with van der Waals surface area (Å²) in [5.41, 5.74) is 2.95. The van der Waals surface area contributed by atoms with Gasteiger partial charge < -0.3 is 19.5 Å². The summed E-state index contributed by atoms with van der Waals surface area (Å²) in [7, 11) is 4.53. The van der Waals surface area contributed by atoms with Crippen molar-refractivity contribution in [2.24, 2.45) is 11.0 Å². The van der Waals surface area contributed by atoms with Crippen LogP contribution in [0.4, 0.5) is 0 Å². The van der Waals surface area contributed by atoms with Crippen molar-refractivity contribution in [3.63, 3.8) is 0 Å². The molecule has 0 heterocycles. The molecule has 0 aliphatic rings. The normalized spacial score (nSPS) is 10.6. The van der Waals surface area contributed by atoms with Crippen LogP contribution < -0.4 is 25.0 Å². The van der Waals surface area contributed by atoms with Crippen LogP contribution in [0, 0.1) is 5.92 Å². The average Bonchev–Trinajstić information content (AvgIpc) is 2.58. The maximum Gasteiger partial charge on any atom is 0.249 e. The molecule has 0 spiro atoms. The van der Waals surface area contributed by atoms with Crippen molar-refractivity contribution in [1.29, 1.82) is 0 Å². The third-order valence-electron chi connectivity index (χ3n) is 3.12. The van der Waals surface area contributed by atoms with Gasteiger partial charge in [-0.05, 0) is 18.1 Å². The summed E-state index contributed by atoms with van der Waals surface area (Å²) in [5, 5.41) is 6.50. The second-order valence-electron chi connectivity index (χ2n) is 5.63. The molecule has 1 aromatic carbocycles. The molecule has 0 radical (unpaired) electrons. The predicted octanol–water partition coefficient (Wildman–Crippen LogP) is 1.32. The molecular weight excluding hydrogens is 326 g/mol. The number of carbonyl (C=O) groups excluding carboxylic acids is 2. The number of amides is 2. The maximum atomic E-state index is 11.7. The molecule has 0 saturated carbocycles. The average molecular weight is 351 g/mol. The molecule has 1 aromatic rings. The molecule has 8 nitrogen and oxygen atoms in total. The molecule has 0 aromatic heterocycles. The first-order chi connectivity index (χ1) is 11.9. The van der Waals surface area contributed by atoms with Gasteiger partial charge in [-0.15, -0.1) is 0 Å². The van der Waals surface area contributed by atoms with Crippen molar-refractivity contribution in [1.82, 2.24) is 10.7 Å². The monoisotopic (exact) mass is 351 g/mol. The molecule has 138 valence electrons. The summed E-state index contributed by atoms with van der Waals surface area (Å²) in [6, 6.07) is 3.37. The molecule has 8 heteroatoms. The Morgan fingerprint density at radius 3 is 2.16 bits per heavy atom. The van der Waals surface area contributed by atoms with Gasteiger partial charge in [-0.2, -0.15) is 5.10 Å². The third kappa shape index (κ3) is 6.70. The van der Waals surface area contributed by atoms with Crippen LogP contribution >= 0.6 is 0 Å². The van der Waals surface area contributed by atoms with E-state index in [1.807, 2.05) is 13.8 Å². The topological polar surface area (TPSA) is 98.2 Å². The van der Waals surface area contributed by atoms with Gasteiger partial charge in [0.05, 0.1) is 27.5 Å². The number of nitrogens with one attached hydrogen (secondary N) is 2. The molecule has 0 aliphatic heterocycles. The SMILES string of the molecule is COc1cc(/C=N\NC(=O)CC(=O)NCC(C)C)cc(OC)c1OC. The number of rotatable bonds is 9. The fraction of sp³-hybridized carbons (Fsp3) is 0.471. The summed E-state index contributed by atoms with van der Waals surface area (Å²) >= 11 is 0. The van der Waals surface area contributed by atoms with E-state index in [0.717, 1.165) is 0 Å². The Morgan fingerprint density at radius 1 is 1.08 bits per heavy atom. The van der Waals surface area contributed by atoms with Crippen LogP contribution in [0.3, 0.4) is 0 Å². The maximum absolute atomic E-state index is 11.7.